The van der Waals surface area contributed by atoms with Crippen LogP contribution in [0, 0.1) is 5.92 Å². The number of halogens is 1. The number of nitrogens with zero attached hydrogens (tertiary/aromatic N) is 4. The van der Waals surface area contributed by atoms with Crippen LogP contribution in [0.2, 0.25) is 0 Å². The number of hydrogen-bond acceptors (Lipinski definition) is 7. The first-order valence-electron chi connectivity index (χ1n) is 13.1. The maximum absolute atomic E-state index is 15.9. The molecule has 3 atom stereocenters. The van der Waals surface area contributed by atoms with Crippen molar-refractivity contribution in [3.8, 4) is 0 Å². The number of hydrogen-bond donors (Lipinski definition) is 2. The van der Waals surface area contributed by atoms with Gasteiger partial charge in [0, 0.05) is 62.6 Å². The molecule has 4 aliphatic rings. The highest BCUT2D eigenvalue weighted by atomic mass is 19.1. The molecule has 4 aliphatic heterocycles. The van der Waals surface area contributed by atoms with Gasteiger partial charge in [0.1, 0.15) is 11.7 Å². The van der Waals surface area contributed by atoms with Crippen molar-refractivity contribution in [1.82, 2.24) is 15.1 Å². The minimum atomic E-state index is -1.41. The van der Waals surface area contributed by atoms with Crippen LogP contribution in [0.3, 0.4) is 0 Å². The van der Waals surface area contributed by atoms with Gasteiger partial charge in [-0.3, -0.25) is 9.59 Å². The number of amidine groups is 1. The summed E-state index contributed by atoms with van der Waals surface area (Å²) in [4.78, 5) is 35.6. The average molecular weight is 511 g/mol. The molecule has 4 heterocycles. The molecule has 1 aromatic rings. The van der Waals surface area contributed by atoms with Gasteiger partial charge in [-0.05, 0) is 50.1 Å². The second-order valence-electron chi connectivity index (χ2n) is 9.79. The number of alkyl halides is 1. The molecular weight excluding hydrogens is 475 g/mol. The molecule has 0 radical (unpaired) electrons. The molecule has 9 nitrogen and oxygen atoms in total. The lowest BCUT2D eigenvalue weighted by atomic mass is 9.92. The van der Waals surface area contributed by atoms with Crippen LogP contribution in [0.4, 0.5) is 15.8 Å². The Balaban J connectivity index is 1.41. The van der Waals surface area contributed by atoms with E-state index in [-0.39, 0.29) is 24.4 Å². The SMILES string of the molecule is C=CC(=O)N1CCCC(N(CC)C2=NC(Nc3ccc(N4CCOCC4)cc3)=C3C(=O)NCC3C2F)C1. The summed E-state index contributed by atoms with van der Waals surface area (Å²) in [5, 5.41) is 6.09. The van der Waals surface area contributed by atoms with Gasteiger partial charge >= 0.3 is 0 Å². The summed E-state index contributed by atoms with van der Waals surface area (Å²) in [6.07, 6.45) is 1.58. The Hall–Kier alpha value is -3.40. The van der Waals surface area contributed by atoms with Crippen molar-refractivity contribution in [1.29, 1.82) is 0 Å². The molecule has 0 spiro atoms. The normalized spacial score (nSPS) is 25.8. The Morgan fingerprint density at radius 3 is 2.76 bits per heavy atom. The third-order valence-electron chi connectivity index (χ3n) is 7.64. The molecule has 5 rings (SSSR count). The lowest BCUT2D eigenvalue weighted by Crippen LogP contribution is -2.54. The largest absolute Gasteiger partial charge is 0.378 e. The molecule has 3 fully saturated rings. The van der Waals surface area contributed by atoms with Gasteiger partial charge in [0.2, 0.25) is 5.91 Å². The number of piperidine rings is 1. The number of nitrogens with one attached hydrogen (secondary N) is 2. The Bertz CT molecular complexity index is 1100. The van der Waals surface area contributed by atoms with E-state index in [1.165, 1.54) is 6.08 Å². The average Bonchev–Trinajstić information content (AvgIpc) is 3.34. The molecule has 3 saturated heterocycles. The Morgan fingerprint density at radius 2 is 2.05 bits per heavy atom. The highest BCUT2D eigenvalue weighted by Gasteiger charge is 2.45. The van der Waals surface area contributed by atoms with E-state index in [2.05, 4.69) is 22.1 Å². The van der Waals surface area contributed by atoms with E-state index in [9.17, 15) is 9.59 Å². The van der Waals surface area contributed by atoms with E-state index in [4.69, 9.17) is 9.73 Å². The van der Waals surface area contributed by atoms with Gasteiger partial charge in [0.25, 0.3) is 5.91 Å². The molecule has 3 unspecified atom stereocenters. The van der Waals surface area contributed by atoms with Gasteiger partial charge in [-0.25, -0.2) is 9.38 Å². The number of ether oxygens (including phenoxy) is 1. The Kier molecular flexibility index (Phi) is 7.45. The van der Waals surface area contributed by atoms with Crippen molar-refractivity contribution in [3.05, 3.63) is 48.3 Å². The molecule has 2 amide bonds. The minimum Gasteiger partial charge on any atom is -0.378 e. The van der Waals surface area contributed by atoms with Crippen molar-refractivity contribution in [3.63, 3.8) is 0 Å². The molecule has 1 aromatic carbocycles. The van der Waals surface area contributed by atoms with E-state index in [1.54, 1.807) is 4.90 Å². The first kappa shape index (κ1) is 25.3. The summed E-state index contributed by atoms with van der Waals surface area (Å²) in [6, 6.07) is 7.91. The maximum atomic E-state index is 15.9. The van der Waals surface area contributed by atoms with Gasteiger partial charge in [-0.2, -0.15) is 0 Å². The quantitative estimate of drug-likeness (QED) is 0.570. The lowest BCUT2D eigenvalue weighted by Gasteiger charge is -2.42. The first-order chi connectivity index (χ1) is 18.0. The molecule has 0 bridgehead atoms. The predicted molar refractivity (Wildman–Crippen MR) is 141 cm³/mol. The molecule has 0 aromatic heterocycles. The zero-order valence-corrected chi connectivity index (χ0v) is 21.3. The van der Waals surface area contributed by atoms with E-state index in [0.29, 0.717) is 50.1 Å². The number of carbonyl (C=O) groups excluding carboxylic acids is 2. The first-order valence-corrected chi connectivity index (χ1v) is 13.1. The number of likely N-dealkylation sites (tertiary alicyclic amines) is 1. The molecule has 2 N–H and O–H groups in total. The second kappa shape index (κ2) is 10.9. The smallest absolute Gasteiger partial charge is 0.251 e. The van der Waals surface area contributed by atoms with Crippen LogP contribution < -0.4 is 15.5 Å². The monoisotopic (exact) mass is 510 g/mol. The van der Waals surface area contributed by atoms with Crippen LogP contribution in [0.5, 0.6) is 0 Å². The summed E-state index contributed by atoms with van der Waals surface area (Å²) >= 11 is 0. The van der Waals surface area contributed by atoms with E-state index in [1.807, 2.05) is 36.1 Å². The van der Waals surface area contributed by atoms with Gasteiger partial charge in [0.15, 0.2) is 6.17 Å². The fraction of sp³-hybridized carbons (Fsp3) is 0.519. The van der Waals surface area contributed by atoms with E-state index >= 15 is 4.39 Å². The van der Waals surface area contributed by atoms with E-state index in [0.717, 1.165) is 37.3 Å². The number of aliphatic imine (C=N–C) groups is 1. The van der Waals surface area contributed by atoms with Crippen molar-refractivity contribution in [2.24, 2.45) is 10.9 Å². The predicted octanol–water partition coefficient (Wildman–Crippen LogP) is 2.14. The van der Waals surface area contributed by atoms with Crippen LogP contribution in [-0.4, -0.2) is 92.1 Å². The van der Waals surface area contributed by atoms with Gasteiger partial charge in [-0.15, -0.1) is 0 Å². The number of morpholine rings is 1. The summed E-state index contributed by atoms with van der Waals surface area (Å²) in [5.41, 5.74) is 2.24. The molecule has 0 aliphatic carbocycles. The molecule has 0 saturated carbocycles. The second-order valence-corrected chi connectivity index (χ2v) is 9.79. The maximum Gasteiger partial charge on any atom is 0.251 e. The van der Waals surface area contributed by atoms with Crippen molar-refractivity contribution >= 4 is 29.0 Å². The topological polar surface area (TPSA) is 89.5 Å². The number of anilines is 2. The zero-order valence-electron chi connectivity index (χ0n) is 21.3. The lowest BCUT2D eigenvalue weighted by molar-refractivity contribution is -0.127. The Labute approximate surface area is 217 Å². The Morgan fingerprint density at radius 1 is 1.30 bits per heavy atom. The summed E-state index contributed by atoms with van der Waals surface area (Å²) < 4.78 is 21.4. The van der Waals surface area contributed by atoms with Gasteiger partial charge < -0.3 is 30.1 Å². The van der Waals surface area contributed by atoms with Crippen LogP contribution in [0.15, 0.2) is 53.3 Å². The number of fused-ring (bicyclic) bond motifs is 1. The van der Waals surface area contributed by atoms with Crippen LogP contribution in [0.25, 0.3) is 0 Å². The molecule has 37 heavy (non-hydrogen) atoms. The summed E-state index contributed by atoms with van der Waals surface area (Å²) in [7, 11) is 0. The van der Waals surface area contributed by atoms with E-state index < -0.39 is 12.1 Å². The number of amides is 2. The van der Waals surface area contributed by atoms with Crippen LogP contribution in [-0.2, 0) is 14.3 Å². The third kappa shape index (κ3) is 5.07. The summed E-state index contributed by atoms with van der Waals surface area (Å²) in [6.45, 7) is 10.6. The molecule has 10 heteroatoms. The van der Waals surface area contributed by atoms with Gasteiger partial charge in [0.05, 0.1) is 18.8 Å². The zero-order chi connectivity index (χ0) is 25.9. The van der Waals surface area contributed by atoms with Crippen molar-refractivity contribution < 1.29 is 18.7 Å². The molecule has 198 valence electrons. The fourth-order valence-electron chi connectivity index (χ4n) is 5.70. The van der Waals surface area contributed by atoms with Crippen LogP contribution in [0.1, 0.15) is 19.8 Å². The molecular formula is C27H35FN6O3. The standard InChI is InChI=1S/C27H35FN6O3/c1-3-22(35)33-11-5-6-20(17-33)34(4-2)26-24(28)21-16-29-27(36)23(21)25(31-26)30-18-7-9-19(10-8-18)32-12-14-37-15-13-32/h3,7-10,20-21,24,30H,1,4-6,11-17H2,2H3,(H,29,36). The number of rotatable bonds is 6. The summed E-state index contributed by atoms with van der Waals surface area (Å²) in [5.74, 6) is -0.307. The fourth-order valence-corrected chi connectivity index (χ4v) is 5.70. The third-order valence-corrected chi connectivity index (χ3v) is 7.64. The minimum absolute atomic E-state index is 0.0553. The highest BCUT2D eigenvalue weighted by Crippen LogP contribution is 2.34. The van der Waals surface area contributed by atoms with Gasteiger partial charge in [-0.1, -0.05) is 6.58 Å². The van der Waals surface area contributed by atoms with Crippen LogP contribution >= 0.6 is 0 Å². The van der Waals surface area contributed by atoms with Crippen molar-refractivity contribution in [2.45, 2.75) is 32.0 Å². The number of benzene rings is 1. The highest BCUT2D eigenvalue weighted by molar-refractivity contribution is 6.02. The van der Waals surface area contributed by atoms with Crippen molar-refractivity contribution in [2.75, 3.05) is 62.7 Å². The number of carbonyl (C=O) groups is 2. The number of likely N-dealkylation sites (N-methyl/N-ethyl adjacent to an activating group) is 1.